The number of rotatable bonds is 5. The molecule has 0 saturated heterocycles. The molecule has 1 fully saturated rings. The highest BCUT2D eigenvalue weighted by Gasteiger charge is 2.21. The van der Waals surface area contributed by atoms with E-state index in [1.807, 2.05) is 0 Å². The van der Waals surface area contributed by atoms with E-state index in [4.69, 9.17) is 0 Å². The fourth-order valence-electron chi connectivity index (χ4n) is 3.04. The molecule has 144 valence electrons. The van der Waals surface area contributed by atoms with Crippen molar-refractivity contribution in [2.45, 2.75) is 55.5 Å². The number of benzene rings is 1. The highest BCUT2D eigenvalue weighted by molar-refractivity contribution is 8.00. The second kappa shape index (κ2) is 9.03. The second-order valence-corrected chi connectivity index (χ2v) is 8.00. The molecular weight excluding hydrogens is 367 g/mol. The molecule has 1 saturated carbocycles. The van der Waals surface area contributed by atoms with Gasteiger partial charge in [0.25, 0.3) is 0 Å². The summed E-state index contributed by atoms with van der Waals surface area (Å²) in [5.74, 6) is -0.669. The minimum absolute atomic E-state index is 0.151. The maximum atomic E-state index is 13.0. The van der Waals surface area contributed by atoms with Crippen molar-refractivity contribution in [1.82, 2.24) is 20.6 Å². The third kappa shape index (κ3) is 5.56. The number of halogens is 1. The van der Waals surface area contributed by atoms with Gasteiger partial charge >= 0.3 is 6.03 Å². The lowest BCUT2D eigenvalue weighted by molar-refractivity contribution is -0.119. The van der Waals surface area contributed by atoms with E-state index in [0.717, 1.165) is 36.9 Å². The number of nitrogens with zero attached hydrogens (tertiary/aromatic N) is 1. The van der Waals surface area contributed by atoms with Crippen molar-refractivity contribution in [3.63, 3.8) is 0 Å². The Morgan fingerprint density at radius 2 is 1.93 bits per heavy atom. The van der Waals surface area contributed by atoms with Gasteiger partial charge in [0.1, 0.15) is 5.82 Å². The highest BCUT2D eigenvalue weighted by Crippen LogP contribution is 2.24. The van der Waals surface area contributed by atoms with Gasteiger partial charge < -0.3 is 10.3 Å². The van der Waals surface area contributed by atoms with Crippen LogP contribution in [0.15, 0.2) is 35.6 Å². The lowest BCUT2D eigenvalue weighted by atomic mass is 9.96. The number of thioether (sulfide) groups is 1. The molecular formula is C19H23FN4O2S. The summed E-state index contributed by atoms with van der Waals surface area (Å²) in [6.07, 6.45) is 6.99. The number of amides is 3. The topological polar surface area (TPSA) is 86.9 Å². The van der Waals surface area contributed by atoms with Gasteiger partial charge in [-0.05, 0) is 49.6 Å². The number of urea groups is 1. The van der Waals surface area contributed by atoms with E-state index in [9.17, 15) is 14.0 Å². The highest BCUT2D eigenvalue weighted by atomic mass is 32.2. The number of carbonyl (C=O) groups excluding carboxylic acids is 2. The molecule has 3 amide bonds. The predicted octanol–water partition coefficient (Wildman–Crippen LogP) is 3.85. The molecule has 3 rings (SSSR count). The third-order valence-electron chi connectivity index (χ3n) is 4.54. The minimum atomic E-state index is -0.491. The Bertz CT molecular complexity index is 787. The normalized spacial score (nSPS) is 15.9. The summed E-state index contributed by atoms with van der Waals surface area (Å²) in [6, 6.07) is 5.78. The van der Waals surface area contributed by atoms with E-state index in [1.54, 1.807) is 25.3 Å². The molecule has 1 aromatic heterocycles. The first-order valence-electron chi connectivity index (χ1n) is 9.10. The third-order valence-corrected chi connectivity index (χ3v) is 5.54. The zero-order valence-electron chi connectivity index (χ0n) is 15.1. The zero-order valence-corrected chi connectivity index (χ0v) is 15.9. The maximum Gasteiger partial charge on any atom is 0.321 e. The maximum absolute atomic E-state index is 13.0. The van der Waals surface area contributed by atoms with Crippen LogP contribution in [-0.2, 0) is 4.79 Å². The van der Waals surface area contributed by atoms with Crippen molar-refractivity contribution in [2.24, 2.45) is 0 Å². The first-order chi connectivity index (χ1) is 13.0. The molecule has 3 N–H and O–H groups in total. The van der Waals surface area contributed by atoms with Crippen LogP contribution in [0.4, 0.5) is 9.18 Å². The number of imide groups is 1. The van der Waals surface area contributed by atoms with Crippen molar-refractivity contribution in [2.75, 3.05) is 0 Å². The Morgan fingerprint density at radius 1 is 1.22 bits per heavy atom. The number of nitrogens with one attached hydrogen (secondary N) is 3. The van der Waals surface area contributed by atoms with Crippen LogP contribution in [0.2, 0.25) is 0 Å². The lowest BCUT2D eigenvalue weighted by Crippen LogP contribution is -2.47. The molecule has 0 aliphatic heterocycles. The summed E-state index contributed by atoms with van der Waals surface area (Å²) in [6.45, 7) is 1.72. The molecule has 2 aromatic rings. The fourth-order valence-corrected chi connectivity index (χ4v) is 3.83. The number of aromatic nitrogens is 2. The van der Waals surface area contributed by atoms with Gasteiger partial charge in [0, 0.05) is 6.04 Å². The first kappa shape index (κ1) is 19.4. The average Bonchev–Trinajstić information content (AvgIpc) is 3.11. The SMILES string of the molecule is CC(Sc1ncc(-c2ccc(F)cc2)[nH]1)C(=O)NC(=O)NC1CCCCC1. The lowest BCUT2D eigenvalue weighted by Gasteiger charge is -2.22. The number of imidazole rings is 1. The van der Waals surface area contributed by atoms with Crippen LogP contribution in [0, 0.1) is 5.82 Å². The van der Waals surface area contributed by atoms with Crippen molar-refractivity contribution in [3.8, 4) is 11.3 Å². The van der Waals surface area contributed by atoms with Crippen LogP contribution < -0.4 is 10.6 Å². The van der Waals surface area contributed by atoms with Crippen molar-refractivity contribution in [3.05, 3.63) is 36.3 Å². The molecule has 0 radical (unpaired) electrons. The Hall–Kier alpha value is -2.35. The van der Waals surface area contributed by atoms with Crippen LogP contribution in [0.3, 0.4) is 0 Å². The van der Waals surface area contributed by atoms with Crippen LogP contribution >= 0.6 is 11.8 Å². The summed E-state index contributed by atoms with van der Waals surface area (Å²) in [4.78, 5) is 31.6. The molecule has 1 aromatic carbocycles. The summed E-state index contributed by atoms with van der Waals surface area (Å²) in [5, 5.41) is 5.33. The Balaban J connectivity index is 1.50. The fraction of sp³-hybridized carbons (Fsp3) is 0.421. The number of hydrogen-bond acceptors (Lipinski definition) is 4. The predicted molar refractivity (Wildman–Crippen MR) is 103 cm³/mol. The summed E-state index contributed by atoms with van der Waals surface area (Å²) < 4.78 is 13.0. The van der Waals surface area contributed by atoms with Crippen LogP contribution in [0.25, 0.3) is 11.3 Å². The molecule has 0 bridgehead atoms. The number of aromatic amines is 1. The van der Waals surface area contributed by atoms with Gasteiger partial charge in [-0.15, -0.1) is 0 Å². The zero-order chi connectivity index (χ0) is 19.2. The standard InChI is InChI=1S/C19H23FN4O2S/c1-12(17(25)24-18(26)22-15-5-3-2-4-6-15)27-19-21-11-16(23-19)13-7-9-14(20)10-8-13/h7-12,15H,2-6H2,1H3,(H,21,23)(H2,22,24,25,26). The van der Waals surface area contributed by atoms with E-state index < -0.39 is 11.3 Å². The molecule has 1 aliphatic rings. The Morgan fingerprint density at radius 3 is 2.63 bits per heavy atom. The number of hydrogen-bond donors (Lipinski definition) is 3. The summed E-state index contributed by atoms with van der Waals surface area (Å²) >= 11 is 1.23. The second-order valence-electron chi connectivity index (χ2n) is 6.67. The molecule has 1 unspecified atom stereocenters. The smallest absolute Gasteiger partial charge is 0.321 e. The Labute approximate surface area is 161 Å². The first-order valence-corrected chi connectivity index (χ1v) is 9.98. The molecule has 8 heteroatoms. The van der Waals surface area contributed by atoms with E-state index in [-0.39, 0.29) is 17.8 Å². The van der Waals surface area contributed by atoms with Gasteiger partial charge in [0.15, 0.2) is 5.16 Å². The largest absolute Gasteiger partial charge is 0.335 e. The van der Waals surface area contributed by atoms with Crippen LogP contribution in [0.1, 0.15) is 39.0 Å². The molecule has 27 heavy (non-hydrogen) atoms. The summed E-state index contributed by atoms with van der Waals surface area (Å²) in [7, 11) is 0. The van der Waals surface area contributed by atoms with Crippen molar-refractivity contribution >= 4 is 23.7 Å². The van der Waals surface area contributed by atoms with Gasteiger partial charge in [-0.25, -0.2) is 14.2 Å². The van der Waals surface area contributed by atoms with Gasteiger partial charge in [-0.1, -0.05) is 31.0 Å². The van der Waals surface area contributed by atoms with Gasteiger partial charge in [-0.2, -0.15) is 0 Å². The summed E-state index contributed by atoms with van der Waals surface area (Å²) in [5.41, 5.74) is 1.54. The van der Waals surface area contributed by atoms with Gasteiger partial charge in [0.2, 0.25) is 5.91 Å². The number of H-pyrrole nitrogens is 1. The van der Waals surface area contributed by atoms with Gasteiger partial charge in [-0.3, -0.25) is 10.1 Å². The average molecular weight is 390 g/mol. The van der Waals surface area contributed by atoms with E-state index >= 15 is 0 Å². The molecule has 0 spiro atoms. The van der Waals surface area contributed by atoms with E-state index in [1.165, 1.54) is 30.3 Å². The molecule has 1 heterocycles. The molecule has 1 aliphatic carbocycles. The van der Waals surface area contributed by atoms with Crippen molar-refractivity contribution < 1.29 is 14.0 Å². The van der Waals surface area contributed by atoms with Crippen LogP contribution in [0.5, 0.6) is 0 Å². The Kier molecular flexibility index (Phi) is 6.49. The van der Waals surface area contributed by atoms with Crippen molar-refractivity contribution in [1.29, 1.82) is 0 Å². The monoisotopic (exact) mass is 390 g/mol. The number of carbonyl (C=O) groups is 2. The van der Waals surface area contributed by atoms with E-state index in [0.29, 0.717) is 5.16 Å². The molecule has 6 nitrogen and oxygen atoms in total. The van der Waals surface area contributed by atoms with Crippen LogP contribution in [-0.4, -0.2) is 33.2 Å². The molecule has 1 atom stereocenters. The minimum Gasteiger partial charge on any atom is -0.335 e. The van der Waals surface area contributed by atoms with Gasteiger partial charge in [0.05, 0.1) is 17.1 Å². The quantitative estimate of drug-likeness (QED) is 0.677. The van der Waals surface area contributed by atoms with E-state index in [2.05, 4.69) is 20.6 Å².